The molecular formula is C16H19F3N4O2. The van der Waals surface area contributed by atoms with E-state index in [0.717, 1.165) is 11.3 Å². The van der Waals surface area contributed by atoms with Gasteiger partial charge in [0.15, 0.2) is 5.82 Å². The number of hydrogen-bond donors (Lipinski definition) is 1. The van der Waals surface area contributed by atoms with Crippen molar-refractivity contribution in [3.8, 4) is 0 Å². The van der Waals surface area contributed by atoms with Crippen molar-refractivity contribution in [2.24, 2.45) is 5.73 Å². The van der Waals surface area contributed by atoms with Crippen molar-refractivity contribution in [2.75, 3.05) is 19.0 Å². The van der Waals surface area contributed by atoms with E-state index < -0.39 is 23.9 Å². The maximum atomic E-state index is 12.4. The Morgan fingerprint density at radius 2 is 2.08 bits per heavy atom. The van der Waals surface area contributed by atoms with Crippen molar-refractivity contribution >= 4 is 11.6 Å². The van der Waals surface area contributed by atoms with Crippen molar-refractivity contribution in [2.45, 2.75) is 31.4 Å². The van der Waals surface area contributed by atoms with Gasteiger partial charge in [-0.25, -0.2) is 0 Å². The summed E-state index contributed by atoms with van der Waals surface area (Å²) in [6.45, 7) is 0. The third-order valence-corrected chi connectivity index (χ3v) is 3.74. The molecule has 1 atom stereocenters. The van der Waals surface area contributed by atoms with Crippen molar-refractivity contribution in [3.05, 3.63) is 41.5 Å². The molecule has 0 aliphatic rings. The first kappa shape index (κ1) is 18.8. The van der Waals surface area contributed by atoms with Gasteiger partial charge >= 0.3 is 12.1 Å². The SMILES string of the molecule is CN(C)c1cccc(C(CCCc2noc(C(F)(F)F)n2)C(N)=O)c1. The van der Waals surface area contributed by atoms with Gasteiger partial charge in [-0.3, -0.25) is 4.79 Å². The van der Waals surface area contributed by atoms with Gasteiger partial charge in [-0.05, 0) is 30.5 Å². The molecule has 2 rings (SSSR count). The van der Waals surface area contributed by atoms with E-state index in [-0.39, 0.29) is 12.2 Å². The van der Waals surface area contributed by atoms with Crippen LogP contribution < -0.4 is 10.6 Å². The molecule has 0 saturated heterocycles. The molecular weight excluding hydrogens is 337 g/mol. The zero-order valence-corrected chi connectivity index (χ0v) is 13.9. The van der Waals surface area contributed by atoms with E-state index in [1.165, 1.54) is 0 Å². The molecule has 0 aliphatic carbocycles. The molecule has 9 heteroatoms. The number of anilines is 1. The highest BCUT2D eigenvalue weighted by Crippen LogP contribution is 2.28. The Morgan fingerprint density at radius 3 is 2.64 bits per heavy atom. The van der Waals surface area contributed by atoms with E-state index >= 15 is 0 Å². The van der Waals surface area contributed by atoms with Gasteiger partial charge in [0, 0.05) is 26.2 Å². The number of aryl methyl sites for hydroxylation is 1. The van der Waals surface area contributed by atoms with Gasteiger partial charge in [-0.15, -0.1) is 0 Å². The lowest BCUT2D eigenvalue weighted by Crippen LogP contribution is -2.22. The van der Waals surface area contributed by atoms with Crippen LogP contribution in [0.25, 0.3) is 0 Å². The molecule has 1 heterocycles. The quantitative estimate of drug-likeness (QED) is 0.824. The van der Waals surface area contributed by atoms with Gasteiger partial charge in [0.1, 0.15) is 0 Å². The summed E-state index contributed by atoms with van der Waals surface area (Å²) in [6.07, 6.45) is -3.72. The summed E-state index contributed by atoms with van der Waals surface area (Å²) in [6, 6.07) is 7.40. The predicted molar refractivity (Wildman–Crippen MR) is 84.9 cm³/mol. The molecule has 6 nitrogen and oxygen atoms in total. The van der Waals surface area contributed by atoms with Crippen LogP contribution in [0.15, 0.2) is 28.8 Å². The Kier molecular flexibility index (Phi) is 5.66. The van der Waals surface area contributed by atoms with Crippen LogP contribution in [-0.4, -0.2) is 30.1 Å². The van der Waals surface area contributed by atoms with E-state index in [4.69, 9.17) is 5.73 Å². The number of nitrogens with zero attached hydrogens (tertiary/aromatic N) is 3. The lowest BCUT2D eigenvalue weighted by atomic mass is 9.92. The normalized spacial score (nSPS) is 12.8. The van der Waals surface area contributed by atoms with Crippen LogP contribution in [0, 0.1) is 0 Å². The van der Waals surface area contributed by atoms with Gasteiger partial charge < -0.3 is 15.2 Å². The van der Waals surface area contributed by atoms with Crippen LogP contribution in [-0.2, 0) is 17.4 Å². The van der Waals surface area contributed by atoms with Crippen LogP contribution in [0.4, 0.5) is 18.9 Å². The monoisotopic (exact) mass is 356 g/mol. The highest BCUT2D eigenvalue weighted by Gasteiger charge is 2.38. The summed E-state index contributed by atoms with van der Waals surface area (Å²) in [5, 5.41) is 3.31. The maximum absolute atomic E-state index is 12.4. The van der Waals surface area contributed by atoms with Crippen molar-refractivity contribution < 1.29 is 22.5 Å². The molecule has 1 amide bonds. The molecule has 0 aliphatic heterocycles. The van der Waals surface area contributed by atoms with Crippen LogP contribution in [0.3, 0.4) is 0 Å². The lowest BCUT2D eigenvalue weighted by molar-refractivity contribution is -0.159. The highest BCUT2D eigenvalue weighted by atomic mass is 19.4. The lowest BCUT2D eigenvalue weighted by Gasteiger charge is -2.17. The average molecular weight is 356 g/mol. The summed E-state index contributed by atoms with van der Waals surface area (Å²) in [5.41, 5.74) is 7.18. The molecule has 2 N–H and O–H groups in total. The molecule has 0 radical (unpaired) electrons. The Labute approximate surface area is 142 Å². The van der Waals surface area contributed by atoms with Gasteiger partial charge in [-0.2, -0.15) is 18.2 Å². The minimum absolute atomic E-state index is 0.0439. The Hall–Kier alpha value is -2.58. The third-order valence-electron chi connectivity index (χ3n) is 3.74. The first-order valence-corrected chi connectivity index (χ1v) is 7.65. The molecule has 136 valence electrons. The van der Waals surface area contributed by atoms with Gasteiger partial charge in [0.25, 0.3) is 0 Å². The average Bonchev–Trinajstić information content (AvgIpc) is 3.00. The summed E-state index contributed by atoms with van der Waals surface area (Å²) in [5.74, 6) is -2.43. The number of carbonyl (C=O) groups excluding carboxylic acids is 1. The molecule has 0 fully saturated rings. The largest absolute Gasteiger partial charge is 0.471 e. The van der Waals surface area contributed by atoms with Crippen LogP contribution in [0.5, 0.6) is 0 Å². The smallest absolute Gasteiger partial charge is 0.378 e. The van der Waals surface area contributed by atoms with E-state index in [0.29, 0.717) is 12.8 Å². The fourth-order valence-electron chi connectivity index (χ4n) is 2.43. The molecule has 1 unspecified atom stereocenters. The topological polar surface area (TPSA) is 85.2 Å². The number of benzene rings is 1. The summed E-state index contributed by atoms with van der Waals surface area (Å²) >= 11 is 0. The molecule has 0 spiro atoms. The fourth-order valence-corrected chi connectivity index (χ4v) is 2.43. The molecule has 1 aromatic carbocycles. The van der Waals surface area contributed by atoms with Gasteiger partial charge in [0.05, 0.1) is 5.92 Å². The van der Waals surface area contributed by atoms with Crippen molar-refractivity contribution in [3.63, 3.8) is 0 Å². The first-order valence-electron chi connectivity index (χ1n) is 7.65. The molecule has 25 heavy (non-hydrogen) atoms. The van der Waals surface area contributed by atoms with E-state index in [1.807, 2.05) is 37.2 Å². The molecule has 2 aromatic rings. The second kappa shape index (κ2) is 7.54. The van der Waals surface area contributed by atoms with E-state index in [2.05, 4.69) is 14.7 Å². The van der Waals surface area contributed by atoms with E-state index in [9.17, 15) is 18.0 Å². The van der Waals surface area contributed by atoms with Crippen LogP contribution in [0.2, 0.25) is 0 Å². The molecule has 0 bridgehead atoms. The Morgan fingerprint density at radius 1 is 1.36 bits per heavy atom. The maximum Gasteiger partial charge on any atom is 0.471 e. The zero-order valence-electron chi connectivity index (χ0n) is 13.9. The van der Waals surface area contributed by atoms with Crippen molar-refractivity contribution in [1.82, 2.24) is 10.1 Å². The highest BCUT2D eigenvalue weighted by molar-refractivity contribution is 5.82. The summed E-state index contributed by atoms with van der Waals surface area (Å²) in [7, 11) is 3.76. The third kappa shape index (κ3) is 4.94. The molecule has 0 saturated carbocycles. The number of amides is 1. The number of primary amides is 1. The number of halogens is 3. The fraction of sp³-hybridized carbons (Fsp3) is 0.438. The summed E-state index contributed by atoms with van der Waals surface area (Å²) in [4.78, 5) is 17.0. The second-order valence-electron chi connectivity index (χ2n) is 5.85. The number of aromatic nitrogens is 2. The number of rotatable bonds is 7. The Balaban J connectivity index is 2.02. The number of nitrogens with two attached hydrogens (primary N) is 1. The van der Waals surface area contributed by atoms with E-state index in [1.54, 1.807) is 6.07 Å². The van der Waals surface area contributed by atoms with Crippen molar-refractivity contribution in [1.29, 1.82) is 0 Å². The van der Waals surface area contributed by atoms with Crippen LogP contribution in [0.1, 0.15) is 36.0 Å². The Bertz CT molecular complexity index is 728. The number of carbonyl (C=O) groups is 1. The second-order valence-corrected chi connectivity index (χ2v) is 5.85. The summed E-state index contributed by atoms with van der Waals surface area (Å²) < 4.78 is 41.4. The van der Waals surface area contributed by atoms with Gasteiger partial charge in [-0.1, -0.05) is 17.3 Å². The number of hydrogen-bond acceptors (Lipinski definition) is 5. The predicted octanol–water partition coefficient (Wildman–Crippen LogP) is 2.75. The molecule has 1 aromatic heterocycles. The van der Waals surface area contributed by atoms with Crippen LogP contribution >= 0.6 is 0 Å². The minimum atomic E-state index is -4.66. The zero-order chi connectivity index (χ0) is 18.6. The number of alkyl halides is 3. The minimum Gasteiger partial charge on any atom is -0.378 e. The first-order chi connectivity index (χ1) is 11.7. The standard InChI is InChI=1S/C16H19F3N4O2/c1-23(2)11-6-3-5-10(9-11)12(14(20)24)7-4-8-13-21-15(25-22-13)16(17,18)19/h3,5-6,9,12H,4,7-8H2,1-2H3,(H2,20,24). The van der Waals surface area contributed by atoms with Gasteiger partial charge in [0.2, 0.25) is 5.91 Å².